The number of hydrogen-bond acceptors (Lipinski definition) is 0. The van der Waals surface area contributed by atoms with Gasteiger partial charge in [0, 0.05) is 6.42 Å². The normalized spacial score (nSPS) is 13.4. The van der Waals surface area contributed by atoms with Crippen molar-refractivity contribution in [3.05, 3.63) is 0 Å². The van der Waals surface area contributed by atoms with E-state index in [1.54, 1.807) is 0 Å². The van der Waals surface area contributed by atoms with Crippen LogP contribution in [0, 0.1) is 0 Å². The summed E-state index contributed by atoms with van der Waals surface area (Å²) in [4.78, 5) is 0. The lowest BCUT2D eigenvalue weighted by atomic mass is 10.1. The molecule has 0 N–H and O–H groups in total. The minimum Gasteiger partial charge on any atom is -0.313 e. The highest BCUT2D eigenvalue weighted by molar-refractivity contribution is 6.19. The van der Waals surface area contributed by atoms with Crippen LogP contribution in [0.3, 0.4) is 0 Å². The van der Waals surface area contributed by atoms with Crippen LogP contribution in [0.5, 0.6) is 0 Å². The first-order valence-corrected chi connectivity index (χ1v) is 11.4. The number of nitrogens with zero attached hydrogens (tertiary/aromatic N) is 1. The van der Waals surface area contributed by atoms with Crippen molar-refractivity contribution >= 4 is 11.6 Å². The second-order valence-electron chi connectivity index (χ2n) is 8.32. The zero-order chi connectivity index (χ0) is 18.1. The van der Waals surface area contributed by atoms with E-state index in [0.29, 0.717) is 5.50 Å². The van der Waals surface area contributed by atoms with E-state index in [9.17, 15) is 0 Å². The van der Waals surface area contributed by atoms with Crippen LogP contribution in [0.1, 0.15) is 117 Å². The van der Waals surface area contributed by atoms with E-state index >= 15 is 0 Å². The summed E-state index contributed by atoms with van der Waals surface area (Å²) in [6.07, 6.45) is 22.0. The van der Waals surface area contributed by atoms with Crippen LogP contribution in [0.15, 0.2) is 0 Å². The molecule has 0 amide bonds. The summed E-state index contributed by atoms with van der Waals surface area (Å²) in [6.45, 7) is 5.80. The molecule has 0 spiro atoms. The van der Waals surface area contributed by atoms with Gasteiger partial charge in [0.15, 0.2) is 5.50 Å². The van der Waals surface area contributed by atoms with Gasteiger partial charge in [-0.2, -0.15) is 0 Å². The standard InChI is InChI=1S/C22H47ClN/c1-5-7-9-11-13-15-17-19-21-24(3,4)22(23)20-18-16-14-12-10-8-6-2/h22H,5-21H2,1-4H3/q+1. The number of quaternary nitrogens is 1. The predicted molar refractivity (Wildman–Crippen MR) is 112 cm³/mol. The molecule has 0 aromatic carbocycles. The fourth-order valence-electron chi connectivity index (χ4n) is 3.41. The van der Waals surface area contributed by atoms with Crippen LogP contribution in [0.2, 0.25) is 0 Å². The molecule has 1 nitrogen and oxygen atoms in total. The van der Waals surface area contributed by atoms with Gasteiger partial charge in [0.05, 0.1) is 20.6 Å². The van der Waals surface area contributed by atoms with Gasteiger partial charge in [-0.25, -0.2) is 0 Å². The first-order valence-electron chi connectivity index (χ1n) is 11.0. The van der Waals surface area contributed by atoms with Crippen molar-refractivity contribution in [2.45, 2.75) is 122 Å². The monoisotopic (exact) mass is 360 g/mol. The zero-order valence-corrected chi connectivity index (χ0v) is 18.2. The van der Waals surface area contributed by atoms with E-state index in [2.05, 4.69) is 27.9 Å². The summed E-state index contributed by atoms with van der Waals surface area (Å²) < 4.78 is 0.993. The van der Waals surface area contributed by atoms with Crippen molar-refractivity contribution in [2.75, 3.05) is 20.6 Å². The first-order chi connectivity index (χ1) is 11.5. The van der Waals surface area contributed by atoms with Crippen molar-refractivity contribution in [3.63, 3.8) is 0 Å². The largest absolute Gasteiger partial charge is 0.313 e. The molecule has 0 rings (SSSR count). The second kappa shape index (κ2) is 16.7. The molecule has 0 aromatic rings. The Morgan fingerprint density at radius 3 is 1.42 bits per heavy atom. The molecule has 0 radical (unpaired) electrons. The minimum atomic E-state index is 0.296. The van der Waals surface area contributed by atoms with E-state index in [1.165, 1.54) is 109 Å². The summed E-state index contributed by atoms with van der Waals surface area (Å²) in [5, 5.41) is 0. The summed E-state index contributed by atoms with van der Waals surface area (Å²) >= 11 is 6.70. The molecule has 0 aromatic heterocycles. The summed E-state index contributed by atoms with van der Waals surface area (Å²) in [6, 6.07) is 0. The number of rotatable bonds is 18. The molecule has 0 saturated carbocycles. The average Bonchev–Trinajstić information content (AvgIpc) is 2.56. The summed E-state index contributed by atoms with van der Waals surface area (Å²) in [5.74, 6) is 0. The van der Waals surface area contributed by atoms with Crippen molar-refractivity contribution in [3.8, 4) is 0 Å². The molecule has 0 bridgehead atoms. The van der Waals surface area contributed by atoms with Gasteiger partial charge in [-0.15, -0.1) is 0 Å². The van der Waals surface area contributed by atoms with E-state index in [4.69, 9.17) is 11.6 Å². The van der Waals surface area contributed by atoms with Crippen LogP contribution < -0.4 is 0 Å². The van der Waals surface area contributed by atoms with Crippen LogP contribution in [-0.4, -0.2) is 30.6 Å². The molecular weight excluding hydrogens is 314 g/mol. The summed E-state index contributed by atoms with van der Waals surface area (Å²) in [5.41, 5.74) is 0.296. The Bertz CT molecular complexity index is 252. The van der Waals surface area contributed by atoms with E-state index in [-0.39, 0.29) is 0 Å². The molecule has 146 valence electrons. The zero-order valence-electron chi connectivity index (χ0n) is 17.4. The Balaban J connectivity index is 3.55. The maximum absolute atomic E-state index is 6.70. The lowest BCUT2D eigenvalue weighted by Gasteiger charge is -2.34. The van der Waals surface area contributed by atoms with E-state index < -0.39 is 0 Å². The number of halogens is 1. The van der Waals surface area contributed by atoms with Crippen molar-refractivity contribution in [1.82, 2.24) is 0 Å². The molecule has 0 aliphatic carbocycles. The third-order valence-corrected chi connectivity index (χ3v) is 6.14. The molecule has 0 heterocycles. The molecule has 0 aliphatic heterocycles. The average molecular weight is 361 g/mol. The van der Waals surface area contributed by atoms with E-state index in [1.807, 2.05) is 0 Å². The number of hydrogen-bond donors (Lipinski definition) is 0. The number of unbranched alkanes of at least 4 members (excludes halogenated alkanes) is 13. The van der Waals surface area contributed by atoms with Gasteiger partial charge in [0.25, 0.3) is 0 Å². The van der Waals surface area contributed by atoms with Gasteiger partial charge in [0.1, 0.15) is 0 Å². The van der Waals surface area contributed by atoms with Gasteiger partial charge in [-0.3, -0.25) is 0 Å². The van der Waals surface area contributed by atoms with Crippen molar-refractivity contribution in [2.24, 2.45) is 0 Å². The Labute approximate surface area is 159 Å². The molecular formula is C22H47ClN+. The van der Waals surface area contributed by atoms with Gasteiger partial charge >= 0.3 is 0 Å². The first kappa shape index (κ1) is 24.2. The van der Waals surface area contributed by atoms with Gasteiger partial charge in [-0.1, -0.05) is 102 Å². The highest BCUT2D eigenvalue weighted by atomic mass is 35.5. The Morgan fingerprint density at radius 2 is 0.958 bits per heavy atom. The number of alkyl halides is 1. The third kappa shape index (κ3) is 14.6. The second-order valence-corrected chi connectivity index (χ2v) is 8.83. The quantitative estimate of drug-likeness (QED) is 0.101. The minimum absolute atomic E-state index is 0.296. The molecule has 24 heavy (non-hydrogen) atoms. The predicted octanol–water partition coefficient (Wildman–Crippen LogP) is 7.91. The summed E-state index contributed by atoms with van der Waals surface area (Å²) in [7, 11) is 4.64. The van der Waals surface area contributed by atoms with E-state index in [0.717, 1.165) is 4.48 Å². The fraction of sp³-hybridized carbons (Fsp3) is 1.00. The fourth-order valence-corrected chi connectivity index (χ4v) is 3.66. The van der Waals surface area contributed by atoms with Crippen LogP contribution in [-0.2, 0) is 0 Å². The SMILES string of the molecule is CCCCCCCCCC[N+](C)(C)C(Cl)CCCCCCCCC. The maximum atomic E-state index is 6.70. The third-order valence-electron chi connectivity index (χ3n) is 5.39. The Morgan fingerprint density at radius 1 is 0.583 bits per heavy atom. The molecule has 0 aliphatic rings. The molecule has 2 heteroatoms. The topological polar surface area (TPSA) is 0 Å². The highest BCUT2D eigenvalue weighted by Crippen LogP contribution is 2.21. The van der Waals surface area contributed by atoms with Crippen molar-refractivity contribution < 1.29 is 4.48 Å². The van der Waals surface area contributed by atoms with Gasteiger partial charge in [0.2, 0.25) is 0 Å². The van der Waals surface area contributed by atoms with Gasteiger partial charge < -0.3 is 4.48 Å². The van der Waals surface area contributed by atoms with Crippen LogP contribution >= 0.6 is 11.6 Å². The lowest BCUT2D eigenvalue weighted by molar-refractivity contribution is -0.902. The van der Waals surface area contributed by atoms with Gasteiger partial charge in [-0.05, 0) is 19.3 Å². The smallest absolute Gasteiger partial charge is 0.164 e. The molecule has 0 fully saturated rings. The molecule has 1 atom stereocenters. The lowest BCUT2D eigenvalue weighted by Crippen LogP contribution is -2.46. The Kier molecular flexibility index (Phi) is 16.9. The van der Waals surface area contributed by atoms with Crippen LogP contribution in [0.4, 0.5) is 0 Å². The molecule has 0 saturated heterocycles. The highest BCUT2D eigenvalue weighted by Gasteiger charge is 2.24. The Hall–Kier alpha value is 0.250. The van der Waals surface area contributed by atoms with Crippen molar-refractivity contribution in [1.29, 1.82) is 0 Å². The molecule has 1 unspecified atom stereocenters. The maximum Gasteiger partial charge on any atom is 0.164 e. The van der Waals surface area contributed by atoms with Crippen LogP contribution in [0.25, 0.3) is 0 Å².